The van der Waals surface area contributed by atoms with Crippen molar-refractivity contribution in [2.75, 3.05) is 0 Å². The number of rotatable bonds is 3. The largest absolute Gasteiger partial charge is 0.507 e. The third-order valence-electron chi connectivity index (χ3n) is 4.76. The fourth-order valence-electron chi connectivity index (χ4n) is 3.26. The fourth-order valence-corrected chi connectivity index (χ4v) is 3.26. The van der Waals surface area contributed by atoms with Gasteiger partial charge >= 0.3 is 0 Å². The Bertz CT molecular complexity index is 1370. The number of benzene rings is 3. The number of phenols is 4. The van der Waals surface area contributed by atoms with Gasteiger partial charge in [-0.1, -0.05) is 36.9 Å². The van der Waals surface area contributed by atoms with Crippen LogP contribution in [0.3, 0.4) is 0 Å². The molecule has 0 saturated heterocycles. The summed E-state index contributed by atoms with van der Waals surface area (Å²) in [5.41, 5.74) is 0.00665. The van der Waals surface area contributed by atoms with Gasteiger partial charge in [0.25, 0.3) is 0 Å². The molecule has 0 unspecified atom stereocenters. The van der Waals surface area contributed by atoms with Crippen molar-refractivity contribution < 1.29 is 29.9 Å². The molecule has 5 N–H and O–H groups in total. The first kappa shape index (κ1) is 18.9. The molecule has 0 amide bonds. The highest BCUT2D eigenvalue weighted by Crippen LogP contribution is 2.43. The first-order valence-electron chi connectivity index (χ1n) is 8.81. The van der Waals surface area contributed by atoms with Crippen LogP contribution in [-0.4, -0.2) is 25.5 Å². The van der Waals surface area contributed by atoms with Gasteiger partial charge in [-0.25, -0.2) is 0 Å². The van der Waals surface area contributed by atoms with Crippen LogP contribution in [0.25, 0.3) is 27.9 Å². The van der Waals surface area contributed by atoms with E-state index < -0.39 is 28.4 Å². The van der Waals surface area contributed by atoms with Crippen LogP contribution in [0.15, 0.2) is 70.4 Å². The second-order valence-corrected chi connectivity index (χ2v) is 6.65. The summed E-state index contributed by atoms with van der Waals surface area (Å²) in [6, 6.07) is 13.4. The predicted octanol–water partition coefficient (Wildman–Crippen LogP) is 4.05. The molecule has 30 heavy (non-hydrogen) atoms. The van der Waals surface area contributed by atoms with Gasteiger partial charge in [-0.05, 0) is 29.3 Å². The van der Waals surface area contributed by atoms with Gasteiger partial charge in [-0.2, -0.15) is 0 Å². The third kappa shape index (κ3) is 2.89. The number of hydrogen-bond acceptors (Lipinski definition) is 7. The average Bonchev–Trinajstić information content (AvgIpc) is 2.72. The van der Waals surface area contributed by atoms with Crippen LogP contribution >= 0.6 is 0 Å². The summed E-state index contributed by atoms with van der Waals surface area (Å²) in [6.07, 6.45) is 0. The minimum atomic E-state index is -0.932. The summed E-state index contributed by atoms with van der Waals surface area (Å²) in [5, 5.41) is 50.1. The smallest absolute Gasteiger partial charge is 0.238 e. The monoisotopic (exact) mass is 404 g/mol. The molecule has 4 rings (SSSR count). The van der Waals surface area contributed by atoms with E-state index in [1.54, 1.807) is 30.3 Å². The van der Waals surface area contributed by atoms with Crippen molar-refractivity contribution in [2.24, 2.45) is 0 Å². The molecule has 3 aromatic carbocycles. The third-order valence-corrected chi connectivity index (χ3v) is 4.76. The Morgan fingerprint density at radius 3 is 2.17 bits per heavy atom. The highest BCUT2D eigenvalue weighted by atomic mass is 16.4. The van der Waals surface area contributed by atoms with Crippen molar-refractivity contribution in [1.82, 2.24) is 0 Å². The second kappa shape index (κ2) is 6.89. The quantitative estimate of drug-likeness (QED) is 0.326. The molecule has 7 nitrogen and oxygen atoms in total. The van der Waals surface area contributed by atoms with Gasteiger partial charge in [0.15, 0.2) is 22.8 Å². The van der Waals surface area contributed by atoms with Crippen LogP contribution in [0.5, 0.6) is 28.7 Å². The number of aromatic hydroxyl groups is 5. The molecule has 1 heterocycles. The molecular weight excluding hydrogens is 388 g/mol. The molecule has 150 valence electrons. The summed E-state index contributed by atoms with van der Waals surface area (Å²) in [6.45, 7) is 3.98. The Morgan fingerprint density at radius 2 is 1.50 bits per heavy atom. The van der Waals surface area contributed by atoms with Gasteiger partial charge in [-0.15, -0.1) is 0 Å². The van der Waals surface area contributed by atoms with Crippen LogP contribution in [0, 0.1) is 0 Å². The van der Waals surface area contributed by atoms with Crippen molar-refractivity contribution in [3.05, 3.63) is 82.5 Å². The predicted molar refractivity (Wildman–Crippen MR) is 111 cm³/mol. The molecule has 1 aromatic heterocycles. The minimum Gasteiger partial charge on any atom is -0.507 e. The van der Waals surface area contributed by atoms with E-state index in [0.29, 0.717) is 11.1 Å². The van der Waals surface area contributed by atoms with E-state index in [0.717, 1.165) is 18.2 Å². The topological polar surface area (TPSA) is 131 Å². The summed E-state index contributed by atoms with van der Waals surface area (Å²) >= 11 is 0. The molecule has 0 atom stereocenters. The van der Waals surface area contributed by atoms with E-state index in [-0.39, 0.29) is 33.6 Å². The lowest BCUT2D eigenvalue weighted by molar-refractivity contribution is 0.403. The lowest BCUT2D eigenvalue weighted by Crippen LogP contribution is -2.05. The maximum atomic E-state index is 12.8. The summed E-state index contributed by atoms with van der Waals surface area (Å²) in [4.78, 5) is 12.8. The molecule has 0 aliphatic carbocycles. The fraction of sp³-hybridized carbons (Fsp3) is 0. The van der Waals surface area contributed by atoms with E-state index in [9.17, 15) is 30.3 Å². The average molecular weight is 404 g/mol. The lowest BCUT2D eigenvalue weighted by atomic mass is 9.96. The Kier molecular flexibility index (Phi) is 4.35. The normalized spacial score (nSPS) is 10.9. The minimum absolute atomic E-state index is 0.0651. The highest BCUT2D eigenvalue weighted by molar-refractivity contribution is 6.00. The van der Waals surface area contributed by atoms with Gasteiger partial charge in [0.2, 0.25) is 11.2 Å². The van der Waals surface area contributed by atoms with Crippen molar-refractivity contribution >= 4 is 16.5 Å². The van der Waals surface area contributed by atoms with Crippen LogP contribution < -0.4 is 5.43 Å². The van der Waals surface area contributed by atoms with Crippen LogP contribution in [-0.2, 0) is 0 Å². The number of fused-ring (bicyclic) bond motifs is 1. The molecule has 0 aliphatic rings. The molecule has 4 aromatic rings. The van der Waals surface area contributed by atoms with E-state index in [4.69, 9.17) is 4.42 Å². The van der Waals surface area contributed by atoms with Crippen molar-refractivity contribution in [1.29, 1.82) is 0 Å². The van der Waals surface area contributed by atoms with Gasteiger partial charge in [0.1, 0.15) is 16.9 Å². The maximum Gasteiger partial charge on any atom is 0.238 e. The molecular formula is C23H16O7. The number of hydrogen-bond donors (Lipinski definition) is 5. The molecule has 0 spiro atoms. The second-order valence-electron chi connectivity index (χ2n) is 6.65. The summed E-state index contributed by atoms with van der Waals surface area (Å²) in [5.74, 6) is -2.93. The summed E-state index contributed by atoms with van der Waals surface area (Å²) < 4.78 is 5.77. The highest BCUT2D eigenvalue weighted by Gasteiger charge is 2.24. The van der Waals surface area contributed by atoms with Crippen LogP contribution in [0.4, 0.5) is 0 Å². The van der Waals surface area contributed by atoms with Crippen LogP contribution in [0.2, 0.25) is 0 Å². The Hall–Kier alpha value is -4.39. The van der Waals surface area contributed by atoms with Crippen LogP contribution in [0.1, 0.15) is 11.1 Å². The van der Waals surface area contributed by atoms with Crippen molar-refractivity contribution in [3.63, 3.8) is 0 Å². The maximum absolute atomic E-state index is 12.8. The Morgan fingerprint density at radius 1 is 0.800 bits per heavy atom. The molecule has 7 heteroatoms. The van der Waals surface area contributed by atoms with Gasteiger partial charge < -0.3 is 29.9 Å². The summed E-state index contributed by atoms with van der Waals surface area (Å²) in [7, 11) is 0. The zero-order valence-electron chi connectivity index (χ0n) is 15.5. The molecule has 0 saturated carbocycles. The zero-order valence-corrected chi connectivity index (χ0v) is 15.5. The van der Waals surface area contributed by atoms with Gasteiger partial charge in [0.05, 0.1) is 5.56 Å². The number of phenolic OH excluding ortho intramolecular Hbond substituents is 4. The van der Waals surface area contributed by atoms with Crippen molar-refractivity contribution in [3.8, 4) is 40.1 Å². The van der Waals surface area contributed by atoms with E-state index in [1.165, 1.54) is 6.07 Å². The first-order chi connectivity index (χ1) is 14.3. The first-order valence-corrected chi connectivity index (χ1v) is 8.81. The van der Waals surface area contributed by atoms with E-state index in [2.05, 4.69) is 6.58 Å². The SMILES string of the molecule is C=C(c1ccccc1)c1c(O)cc(O)c2c(=O)c(O)c(-c3ccc(O)c(O)c3)oc12. The van der Waals surface area contributed by atoms with Crippen molar-refractivity contribution in [2.45, 2.75) is 0 Å². The molecule has 0 aliphatic heterocycles. The molecule has 0 bridgehead atoms. The van der Waals surface area contributed by atoms with E-state index in [1.807, 2.05) is 0 Å². The lowest BCUT2D eigenvalue weighted by Gasteiger charge is -2.14. The zero-order chi connectivity index (χ0) is 21.6. The Balaban J connectivity index is 2.09. The van der Waals surface area contributed by atoms with Gasteiger partial charge in [0, 0.05) is 11.6 Å². The standard InChI is InChI=1S/C23H16O7/c1-11(12-5-3-2-4-6-12)18-16(26)10-17(27)19-20(28)21(29)22(30-23(18)19)13-7-8-14(24)15(25)9-13/h2-10,24-27,29H,1H2. The molecule has 0 radical (unpaired) electrons. The Labute approximate surface area is 169 Å². The molecule has 0 fully saturated rings. The van der Waals surface area contributed by atoms with Gasteiger partial charge in [-0.3, -0.25) is 4.79 Å². The van der Waals surface area contributed by atoms with E-state index >= 15 is 0 Å².